The van der Waals surface area contributed by atoms with Gasteiger partial charge in [-0.1, -0.05) is 6.07 Å². The lowest BCUT2D eigenvalue weighted by Gasteiger charge is -2.34. The molecule has 0 N–H and O–H groups in total. The van der Waals surface area contributed by atoms with Crippen LogP contribution in [0.25, 0.3) is 0 Å². The molecule has 1 aromatic carbocycles. The van der Waals surface area contributed by atoms with Crippen LogP contribution in [-0.2, 0) is 10.0 Å². The average molecular weight is 363 g/mol. The summed E-state index contributed by atoms with van der Waals surface area (Å²) in [6, 6.07) is 5.34. The molecule has 25 heavy (non-hydrogen) atoms. The molecule has 2 aliphatic rings. The molecule has 7 heteroatoms. The Balaban J connectivity index is 1.62. The van der Waals surface area contributed by atoms with Gasteiger partial charge >= 0.3 is 0 Å². The Bertz CT molecular complexity index is 889. The first-order chi connectivity index (χ1) is 12.0. The Morgan fingerprint density at radius 2 is 2.04 bits per heavy atom. The molecule has 1 saturated heterocycles. The first-order valence-corrected chi connectivity index (χ1v) is 10.2. The zero-order valence-corrected chi connectivity index (χ0v) is 15.0. The summed E-state index contributed by atoms with van der Waals surface area (Å²) in [5.41, 5.74) is 1.08. The number of hydrogen-bond donors (Lipinski definition) is 0. The van der Waals surface area contributed by atoms with E-state index in [1.807, 2.05) is 13.1 Å². The van der Waals surface area contributed by atoms with E-state index in [0.29, 0.717) is 19.0 Å². The van der Waals surface area contributed by atoms with Crippen molar-refractivity contribution in [1.29, 1.82) is 0 Å². The van der Waals surface area contributed by atoms with Crippen LogP contribution in [-0.4, -0.2) is 35.4 Å². The molecular formula is C18H22FN3O2S. The van der Waals surface area contributed by atoms with E-state index in [9.17, 15) is 12.8 Å². The Labute approximate surface area is 147 Å². The van der Waals surface area contributed by atoms with Crippen LogP contribution in [0.2, 0.25) is 0 Å². The fraction of sp³-hybridized carbons (Fsp3) is 0.500. The normalized spacial score (nSPS) is 22.2. The van der Waals surface area contributed by atoms with E-state index >= 15 is 0 Å². The molecule has 2 heterocycles. The maximum Gasteiger partial charge on any atom is 0.243 e. The van der Waals surface area contributed by atoms with Crippen molar-refractivity contribution in [1.82, 2.24) is 13.9 Å². The van der Waals surface area contributed by atoms with Gasteiger partial charge in [0.2, 0.25) is 10.0 Å². The predicted molar refractivity (Wildman–Crippen MR) is 92.4 cm³/mol. The molecule has 1 aliphatic heterocycles. The molecule has 2 fully saturated rings. The summed E-state index contributed by atoms with van der Waals surface area (Å²) in [6.07, 6.45) is 5.93. The number of aromatic nitrogens is 2. The topological polar surface area (TPSA) is 55.2 Å². The fourth-order valence-corrected chi connectivity index (χ4v) is 5.26. The Morgan fingerprint density at radius 3 is 2.76 bits per heavy atom. The van der Waals surface area contributed by atoms with Gasteiger partial charge in [0.25, 0.3) is 0 Å². The molecule has 1 atom stereocenters. The summed E-state index contributed by atoms with van der Waals surface area (Å²) in [5.74, 6) is 1.08. The van der Waals surface area contributed by atoms with E-state index in [1.165, 1.54) is 22.5 Å². The smallest absolute Gasteiger partial charge is 0.243 e. The number of piperidine rings is 1. The largest absolute Gasteiger partial charge is 0.328 e. The van der Waals surface area contributed by atoms with Crippen molar-refractivity contribution in [3.63, 3.8) is 0 Å². The highest BCUT2D eigenvalue weighted by Gasteiger charge is 2.35. The zero-order chi connectivity index (χ0) is 17.6. The second-order valence-corrected chi connectivity index (χ2v) is 8.96. The monoisotopic (exact) mass is 363 g/mol. The SMILES string of the molecule is Cc1cnc(C2CC2)n1C1CCCN(S(=O)(=O)c2cccc(F)c2)C1. The fourth-order valence-electron chi connectivity index (χ4n) is 3.71. The Kier molecular flexibility index (Phi) is 4.16. The molecule has 0 spiro atoms. The van der Waals surface area contributed by atoms with Gasteiger partial charge in [0, 0.05) is 36.9 Å². The minimum atomic E-state index is -3.68. The summed E-state index contributed by atoms with van der Waals surface area (Å²) in [5, 5.41) is 0. The highest BCUT2D eigenvalue weighted by atomic mass is 32.2. The van der Waals surface area contributed by atoms with Crippen molar-refractivity contribution in [2.24, 2.45) is 0 Å². The lowest BCUT2D eigenvalue weighted by molar-refractivity contribution is 0.261. The van der Waals surface area contributed by atoms with Gasteiger partial charge in [-0.2, -0.15) is 4.31 Å². The number of benzene rings is 1. The maximum atomic E-state index is 13.5. The Hall–Kier alpha value is -1.73. The highest BCUT2D eigenvalue weighted by Crippen LogP contribution is 2.41. The van der Waals surface area contributed by atoms with Gasteiger partial charge in [-0.3, -0.25) is 0 Å². The zero-order valence-electron chi connectivity index (χ0n) is 14.2. The molecule has 5 nitrogen and oxygen atoms in total. The van der Waals surface area contributed by atoms with Crippen LogP contribution in [0.3, 0.4) is 0 Å². The molecule has 0 bridgehead atoms. The summed E-state index contributed by atoms with van der Waals surface area (Å²) in [4.78, 5) is 4.58. The number of hydrogen-bond acceptors (Lipinski definition) is 3. The molecule has 1 saturated carbocycles. The highest BCUT2D eigenvalue weighted by molar-refractivity contribution is 7.89. The molecule has 2 aromatic rings. The molecular weight excluding hydrogens is 341 g/mol. The summed E-state index contributed by atoms with van der Waals surface area (Å²) in [6.45, 7) is 2.91. The summed E-state index contributed by atoms with van der Waals surface area (Å²) < 4.78 is 43.0. The third kappa shape index (κ3) is 3.11. The number of halogens is 1. The van der Waals surface area contributed by atoms with Crippen LogP contribution < -0.4 is 0 Å². The van der Waals surface area contributed by atoms with Crippen LogP contribution >= 0.6 is 0 Å². The first kappa shape index (κ1) is 16.7. The minimum Gasteiger partial charge on any atom is -0.328 e. The number of imidazole rings is 1. The standard InChI is InChI=1S/C18H22FN3O2S/c1-13-11-20-18(14-7-8-14)22(13)16-5-3-9-21(12-16)25(23,24)17-6-2-4-15(19)10-17/h2,4,6,10-11,14,16H,3,5,7-9,12H2,1H3. The van der Waals surface area contributed by atoms with Gasteiger partial charge in [-0.15, -0.1) is 0 Å². The van der Waals surface area contributed by atoms with Crippen molar-refractivity contribution in [3.05, 3.63) is 47.8 Å². The van der Waals surface area contributed by atoms with E-state index in [0.717, 1.165) is 43.3 Å². The van der Waals surface area contributed by atoms with Gasteiger partial charge in [0.15, 0.2) is 0 Å². The average Bonchev–Trinajstić information content (AvgIpc) is 3.37. The first-order valence-electron chi connectivity index (χ1n) is 8.76. The van der Waals surface area contributed by atoms with E-state index in [4.69, 9.17) is 0 Å². The third-order valence-electron chi connectivity index (χ3n) is 5.11. The lowest BCUT2D eigenvalue weighted by atomic mass is 10.1. The molecule has 0 amide bonds. The maximum absolute atomic E-state index is 13.5. The minimum absolute atomic E-state index is 0.0259. The van der Waals surface area contributed by atoms with Crippen molar-refractivity contribution < 1.29 is 12.8 Å². The number of aryl methyl sites for hydroxylation is 1. The van der Waals surface area contributed by atoms with Crippen LogP contribution in [0.4, 0.5) is 4.39 Å². The second kappa shape index (κ2) is 6.21. The van der Waals surface area contributed by atoms with Gasteiger partial charge in [0.05, 0.1) is 4.90 Å². The molecule has 1 unspecified atom stereocenters. The van der Waals surface area contributed by atoms with Gasteiger partial charge in [-0.25, -0.2) is 17.8 Å². The van der Waals surface area contributed by atoms with Crippen molar-refractivity contribution >= 4 is 10.0 Å². The van der Waals surface area contributed by atoms with Crippen LogP contribution in [0, 0.1) is 12.7 Å². The van der Waals surface area contributed by atoms with Crippen molar-refractivity contribution in [3.8, 4) is 0 Å². The van der Waals surface area contributed by atoms with E-state index in [-0.39, 0.29) is 10.9 Å². The predicted octanol–water partition coefficient (Wildman–Crippen LogP) is 3.23. The number of rotatable bonds is 4. The number of nitrogens with zero attached hydrogens (tertiary/aromatic N) is 3. The van der Waals surface area contributed by atoms with Gasteiger partial charge in [0.1, 0.15) is 11.6 Å². The van der Waals surface area contributed by atoms with E-state index in [2.05, 4.69) is 9.55 Å². The van der Waals surface area contributed by atoms with Gasteiger partial charge in [-0.05, 0) is 50.8 Å². The van der Waals surface area contributed by atoms with Crippen molar-refractivity contribution in [2.75, 3.05) is 13.1 Å². The molecule has 0 radical (unpaired) electrons. The van der Waals surface area contributed by atoms with Crippen LogP contribution in [0.1, 0.15) is 49.2 Å². The molecule has 134 valence electrons. The third-order valence-corrected chi connectivity index (χ3v) is 6.97. The summed E-state index contributed by atoms with van der Waals surface area (Å²) >= 11 is 0. The Morgan fingerprint density at radius 1 is 1.24 bits per heavy atom. The number of sulfonamides is 1. The van der Waals surface area contributed by atoms with Crippen LogP contribution in [0.15, 0.2) is 35.4 Å². The van der Waals surface area contributed by atoms with Crippen molar-refractivity contribution in [2.45, 2.75) is 49.5 Å². The summed E-state index contributed by atoms with van der Waals surface area (Å²) in [7, 11) is -3.68. The molecule has 1 aliphatic carbocycles. The van der Waals surface area contributed by atoms with E-state index in [1.54, 1.807) is 0 Å². The van der Waals surface area contributed by atoms with E-state index < -0.39 is 15.8 Å². The second-order valence-electron chi connectivity index (χ2n) is 7.02. The van der Waals surface area contributed by atoms with Crippen LogP contribution in [0.5, 0.6) is 0 Å². The van der Waals surface area contributed by atoms with Gasteiger partial charge < -0.3 is 4.57 Å². The quantitative estimate of drug-likeness (QED) is 0.838. The molecule has 4 rings (SSSR count). The lowest BCUT2D eigenvalue weighted by Crippen LogP contribution is -2.41. The molecule has 1 aromatic heterocycles.